The summed E-state index contributed by atoms with van der Waals surface area (Å²) >= 11 is 0. The van der Waals surface area contributed by atoms with Crippen molar-refractivity contribution in [2.24, 2.45) is 0 Å². The zero-order valence-electron chi connectivity index (χ0n) is 10.2. The van der Waals surface area contributed by atoms with Crippen LogP contribution >= 0.6 is 0 Å². The van der Waals surface area contributed by atoms with Crippen LogP contribution in [0, 0.1) is 0 Å². The molecule has 2 heteroatoms. The molecule has 0 bridgehead atoms. The minimum Gasteiger partial charge on any atom is -0.317 e. The Morgan fingerprint density at radius 1 is 1.29 bits per heavy atom. The lowest BCUT2D eigenvalue weighted by Crippen LogP contribution is -2.40. The van der Waals surface area contributed by atoms with Gasteiger partial charge in [-0.25, -0.2) is 0 Å². The van der Waals surface area contributed by atoms with Gasteiger partial charge in [0.15, 0.2) is 0 Å². The van der Waals surface area contributed by atoms with Crippen LogP contribution in [0.3, 0.4) is 0 Å². The molecule has 2 atom stereocenters. The minimum atomic E-state index is 0.633. The zero-order valence-corrected chi connectivity index (χ0v) is 10.2. The van der Waals surface area contributed by atoms with Crippen LogP contribution < -0.4 is 5.32 Å². The standard InChI is InChI=1S/C12H26N2/c1-10(13-3)9-11(2)14(4)12-7-5-6-8-12/h10-13H,5-9H2,1-4H3. The van der Waals surface area contributed by atoms with Crippen LogP contribution in [0.5, 0.6) is 0 Å². The largest absolute Gasteiger partial charge is 0.317 e. The van der Waals surface area contributed by atoms with Gasteiger partial charge in [0.25, 0.3) is 0 Å². The summed E-state index contributed by atoms with van der Waals surface area (Å²) in [7, 11) is 4.34. The third-order valence-corrected chi connectivity index (χ3v) is 3.78. The molecule has 1 N–H and O–H groups in total. The van der Waals surface area contributed by atoms with Gasteiger partial charge in [-0.2, -0.15) is 0 Å². The molecule has 1 aliphatic rings. The monoisotopic (exact) mass is 198 g/mol. The van der Waals surface area contributed by atoms with Crippen LogP contribution in [0.15, 0.2) is 0 Å². The van der Waals surface area contributed by atoms with E-state index in [9.17, 15) is 0 Å². The average molecular weight is 198 g/mol. The molecular formula is C12H26N2. The topological polar surface area (TPSA) is 15.3 Å². The maximum atomic E-state index is 3.31. The van der Waals surface area contributed by atoms with Crippen LogP contribution in [0.4, 0.5) is 0 Å². The van der Waals surface area contributed by atoms with Gasteiger partial charge >= 0.3 is 0 Å². The Hall–Kier alpha value is -0.0800. The number of hydrogen-bond acceptors (Lipinski definition) is 2. The summed E-state index contributed by atoms with van der Waals surface area (Å²) in [5.41, 5.74) is 0. The second-order valence-corrected chi connectivity index (χ2v) is 4.88. The zero-order chi connectivity index (χ0) is 10.6. The van der Waals surface area contributed by atoms with E-state index in [-0.39, 0.29) is 0 Å². The third-order valence-electron chi connectivity index (χ3n) is 3.78. The molecule has 0 saturated heterocycles. The van der Waals surface area contributed by atoms with Crippen LogP contribution in [0.1, 0.15) is 46.0 Å². The van der Waals surface area contributed by atoms with Gasteiger partial charge in [-0.15, -0.1) is 0 Å². The van der Waals surface area contributed by atoms with E-state index in [0.717, 1.165) is 6.04 Å². The molecule has 0 aliphatic heterocycles. The van der Waals surface area contributed by atoms with E-state index >= 15 is 0 Å². The van der Waals surface area contributed by atoms with E-state index in [1.807, 2.05) is 7.05 Å². The summed E-state index contributed by atoms with van der Waals surface area (Å²) in [6, 6.07) is 2.20. The van der Waals surface area contributed by atoms with E-state index in [4.69, 9.17) is 0 Å². The molecule has 0 amide bonds. The average Bonchev–Trinajstić information content (AvgIpc) is 2.69. The van der Waals surface area contributed by atoms with Crippen molar-refractivity contribution in [3.8, 4) is 0 Å². The summed E-state index contributed by atoms with van der Waals surface area (Å²) < 4.78 is 0. The van der Waals surface area contributed by atoms with Gasteiger partial charge in [0.2, 0.25) is 0 Å². The third kappa shape index (κ3) is 3.25. The summed E-state index contributed by atoms with van der Waals surface area (Å²) in [4.78, 5) is 2.58. The lowest BCUT2D eigenvalue weighted by atomic mass is 10.1. The van der Waals surface area contributed by atoms with Crippen LogP contribution in [0.2, 0.25) is 0 Å². The molecule has 1 fully saturated rings. The van der Waals surface area contributed by atoms with Gasteiger partial charge in [0.1, 0.15) is 0 Å². The Labute approximate surface area is 89.1 Å². The molecule has 1 aliphatic carbocycles. The predicted molar refractivity (Wildman–Crippen MR) is 62.6 cm³/mol. The highest BCUT2D eigenvalue weighted by molar-refractivity contribution is 4.80. The van der Waals surface area contributed by atoms with E-state index in [1.165, 1.54) is 32.1 Å². The van der Waals surface area contributed by atoms with Crippen molar-refractivity contribution in [3.05, 3.63) is 0 Å². The van der Waals surface area contributed by atoms with Crippen LogP contribution in [-0.4, -0.2) is 37.1 Å². The van der Waals surface area contributed by atoms with Crippen molar-refractivity contribution in [2.45, 2.75) is 64.1 Å². The molecule has 0 aromatic rings. The van der Waals surface area contributed by atoms with E-state index in [1.54, 1.807) is 0 Å². The Bertz CT molecular complexity index is 152. The van der Waals surface area contributed by atoms with Gasteiger partial charge in [-0.3, -0.25) is 0 Å². The Morgan fingerprint density at radius 2 is 1.86 bits per heavy atom. The van der Waals surface area contributed by atoms with Gasteiger partial charge in [0, 0.05) is 18.1 Å². The molecule has 1 saturated carbocycles. The fourth-order valence-corrected chi connectivity index (χ4v) is 2.47. The second kappa shape index (κ2) is 5.72. The lowest BCUT2D eigenvalue weighted by Gasteiger charge is -2.32. The Balaban J connectivity index is 2.31. The number of rotatable bonds is 5. The van der Waals surface area contributed by atoms with Gasteiger partial charge in [-0.1, -0.05) is 12.8 Å². The number of nitrogens with one attached hydrogen (secondary N) is 1. The summed E-state index contributed by atoms with van der Waals surface area (Å²) in [6.07, 6.45) is 6.94. The quantitative estimate of drug-likeness (QED) is 0.729. The molecule has 0 aromatic carbocycles. The molecule has 0 heterocycles. The fraction of sp³-hybridized carbons (Fsp3) is 1.00. The van der Waals surface area contributed by atoms with Crippen molar-refractivity contribution in [3.63, 3.8) is 0 Å². The Morgan fingerprint density at radius 3 is 2.36 bits per heavy atom. The Kier molecular flexibility index (Phi) is 4.90. The number of hydrogen-bond donors (Lipinski definition) is 1. The molecule has 14 heavy (non-hydrogen) atoms. The summed E-state index contributed by atoms with van der Waals surface area (Å²) in [5.74, 6) is 0. The molecule has 2 nitrogen and oxygen atoms in total. The maximum Gasteiger partial charge on any atom is 0.00950 e. The normalized spacial score (nSPS) is 22.9. The van der Waals surface area contributed by atoms with Crippen molar-refractivity contribution in [1.29, 1.82) is 0 Å². The van der Waals surface area contributed by atoms with Crippen LogP contribution in [0.25, 0.3) is 0 Å². The van der Waals surface area contributed by atoms with Crippen LogP contribution in [-0.2, 0) is 0 Å². The van der Waals surface area contributed by atoms with E-state index in [0.29, 0.717) is 12.1 Å². The summed E-state index contributed by atoms with van der Waals surface area (Å²) in [6.45, 7) is 4.62. The molecular weight excluding hydrogens is 172 g/mol. The smallest absolute Gasteiger partial charge is 0.00950 e. The molecule has 0 radical (unpaired) electrons. The van der Waals surface area contributed by atoms with Crippen molar-refractivity contribution < 1.29 is 0 Å². The first kappa shape index (κ1) is 12.0. The van der Waals surface area contributed by atoms with E-state index in [2.05, 4.69) is 31.1 Å². The second-order valence-electron chi connectivity index (χ2n) is 4.88. The van der Waals surface area contributed by atoms with Gasteiger partial charge < -0.3 is 10.2 Å². The molecule has 2 unspecified atom stereocenters. The van der Waals surface area contributed by atoms with E-state index < -0.39 is 0 Å². The molecule has 0 spiro atoms. The molecule has 84 valence electrons. The molecule has 1 rings (SSSR count). The first-order chi connectivity index (χ1) is 6.65. The lowest BCUT2D eigenvalue weighted by molar-refractivity contribution is 0.170. The van der Waals surface area contributed by atoms with Gasteiger partial charge in [-0.05, 0) is 47.2 Å². The molecule has 0 aromatic heterocycles. The SMILES string of the molecule is CNC(C)CC(C)N(C)C1CCCC1. The van der Waals surface area contributed by atoms with Crippen molar-refractivity contribution in [2.75, 3.05) is 14.1 Å². The maximum absolute atomic E-state index is 3.31. The fourth-order valence-electron chi connectivity index (χ4n) is 2.47. The predicted octanol–water partition coefficient (Wildman–Crippen LogP) is 2.25. The highest BCUT2D eigenvalue weighted by Gasteiger charge is 2.23. The highest BCUT2D eigenvalue weighted by Crippen LogP contribution is 2.24. The summed E-state index contributed by atoms with van der Waals surface area (Å²) in [5, 5.41) is 3.31. The minimum absolute atomic E-state index is 0.633. The van der Waals surface area contributed by atoms with Crippen molar-refractivity contribution in [1.82, 2.24) is 10.2 Å². The van der Waals surface area contributed by atoms with Gasteiger partial charge in [0.05, 0.1) is 0 Å². The van der Waals surface area contributed by atoms with Crippen molar-refractivity contribution >= 4 is 0 Å². The first-order valence-electron chi connectivity index (χ1n) is 6.04. The highest BCUT2D eigenvalue weighted by atomic mass is 15.2. The first-order valence-corrected chi connectivity index (χ1v) is 6.04. The number of nitrogens with zero attached hydrogens (tertiary/aromatic N) is 1.